The third-order valence-corrected chi connectivity index (χ3v) is 5.70. The van der Waals surface area contributed by atoms with Crippen molar-refractivity contribution in [3.8, 4) is 22.8 Å². The summed E-state index contributed by atoms with van der Waals surface area (Å²) in [5.74, 6) is 1.10. The van der Waals surface area contributed by atoms with Gasteiger partial charge in [-0.1, -0.05) is 28.9 Å². The Kier molecular flexibility index (Phi) is 4.81. The van der Waals surface area contributed by atoms with Crippen LogP contribution < -0.4 is 14.8 Å². The van der Waals surface area contributed by atoms with Gasteiger partial charge in [0.05, 0.1) is 17.0 Å². The molecule has 0 spiro atoms. The van der Waals surface area contributed by atoms with Crippen molar-refractivity contribution in [1.82, 2.24) is 15.5 Å². The number of hydrogen-bond donors (Lipinski definition) is 1. The first kappa shape index (κ1) is 20.1. The van der Waals surface area contributed by atoms with Gasteiger partial charge in [0.2, 0.25) is 6.79 Å². The van der Waals surface area contributed by atoms with Crippen LogP contribution in [0.4, 0.5) is 0 Å². The van der Waals surface area contributed by atoms with Crippen LogP contribution in [0.15, 0.2) is 47.0 Å². The number of hydrogen-bond acceptors (Lipinski definition) is 6. The predicted molar refractivity (Wildman–Crippen MR) is 120 cm³/mol. The van der Waals surface area contributed by atoms with E-state index in [1.807, 2.05) is 32.0 Å². The number of fused-ring (bicyclic) bond motifs is 2. The first-order chi connectivity index (χ1) is 15.4. The molecular formula is C25H23N3O4. The predicted octanol–water partition coefficient (Wildman–Crippen LogP) is 5.03. The summed E-state index contributed by atoms with van der Waals surface area (Å²) >= 11 is 0. The van der Waals surface area contributed by atoms with Crippen molar-refractivity contribution in [3.05, 3.63) is 70.4 Å². The number of carbonyl (C=O) groups excluding carboxylic acids is 1. The molecule has 0 radical (unpaired) electrons. The number of aromatic nitrogens is 2. The molecular weight excluding hydrogens is 406 g/mol. The summed E-state index contributed by atoms with van der Waals surface area (Å²) in [6.45, 7) is 8.10. The lowest BCUT2D eigenvalue weighted by molar-refractivity contribution is 0.0941. The van der Waals surface area contributed by atoms with Gasteiger partial charge in [0.25, 0.3) is 11.6 Å². The molecule has 1 aliphatic rings. The number of amides is 1. The van der Waals surface area contributed by atoms with Gasteiger partial charge in [-0.3, -0.25) is 4.79 Å². The summed E-state index contributed by atoms with van der Waals surface area (Å²) in [7, 11) is 0. The molecule has 1 aliphatic heterocycles. The van der Waals surface area contributed by atoms with E-state index in [0.29, 0.717) is 39.6 Å². The molecule has 1 atom stereocenters. The lowest BCUT2D eigenvalue weighted by Crippen LogP contribution is -2.27. The lowest BCUT2D eigenvalue weighted by atomic mass is 9.99. The molecule has 0 fully saturated rings. The topological polar surface area (TPSA) is 86.5 Å². The van der Waals surface area contributed by atoms with Gasteiger partial charge >= 0.3 is 0 Å². The highest BCUT2D eigenvalue weighted by atomic mass is 16.7. The molecule has 0 aliphatic carbocycles. The average molecular weight is 429 g/mol. The van der Waals surface area contributed by atoms with E-state index in [-0.39, 0.29) is 18.7 Å². The summed E-state index contributed by atoms with van der Waals surface area (Å²) in [5.41, 5.74) is 6.17. The van der Waals surface area contributed by atoms with E-state index in [9.17, 15) is 4.79 Å². The SMILES string of the molecule is Cc1ccc([C@@H](C)NC(=O)c2cc(C)nc3onc(-c4ccc5c(c4)OCO5)c23)c(C)c1. The normalized spacial score (nSPS) is 13.4. The van der Waals surface area contributed by atoms with Gasteiger partial charge < -0.3 is 19.3 Å². The lowest BCUT2D eigenvalue weighted by Gasteiger charge is -2.17. The molecule has 4 aromatic rings. The van der Waals surface area contributed by atoms with E-state index in [1.165, 1.54) is 5.56 Å². The molecule has 5 rings (SSSR count). The Morgan fingerprint density at radius 2 is 1.84 bits per heavy atom. The summed E-state index contributed by atoms with van der Waals surface area (Å²) in [5, 5.41) is 7.91. The van der Waals surface area contributed by atoms with Gasteiger partial charge in [0.15, 0.2) is 11.5 Å². The van der Waals surface area contributed by atoms with Crippen LogP contribution in [-0.4, -0.2) is 22.8 Å². The first-order valence-electron chi connectivity index (χ1n) is 10.5. The molecule has 2 aromatic heterocycles. The first-order valence-corrected chi connectivity index (χ1v) is 10.5. The summed E-state index contributed by atoms with van der Waals surface area (Å²) in [6.07, 6.45) is 0. The maximum absolute atomic E-state index is 13.4. The van der Waals surface area contributed by atoms with Gasteiger partial charge in [-0.05, 0) is 63.1 Å². The molecule has 1 amide bonds. The quantitative estimate of drug-likeness (QED) is 0.489. The Morgan fingerprint density at radius 3 is 2.66 bits per heavy atom. The monoisotopic (exact) mass is 429 g/mol. The van der Waals surface area contributed by atoms with E-state index >= 15 is 0 Å². The van der Waals surface area contributed by atoms with Crippen LogP contribution in [0.25, 0.3) is 22.4 Å². The summed E-state index contributed by atoms with van der Waals surface area (Å²) in [4.78, 5) is 17.8. The number of benzene rings is 2. The third kappa shape index (κ3) is 3.45. The number of pyridine rings is 1. The molecule has 0 bridgehead atoms. The van der Waals surface area contributed by atoms with Crippen molar-refractivity contribution in [2.24, 2.45) is 0 Å². The van der Waals surface area contributed by atoms with Crippen molar-refractivity contribution in [2.75, 3.05) is 6.79 Å². The molecule has 32 heavy (non-hydrogen) atoms. The van der Waals surface area contributed by atoms with E-state index < -0.39 is 0 Å². The van der Waals surface area contributed by atoms with Crippen molar-refractivity contribution in [2.45, 2.75) is 33.7 Å². The fourth-order valence-corrected chi connectivity index (χ4v) is 4.16. The average Bonchev–Trinajstić information content (AvgIpc) is 3.39. The fourth-order valence-electron chi connectivity index (χ4n) is 4.16. The van der Waals surface area contributed by atoms with Crippen LogP contribution in [0.3, 0.4) is 0 Å². The molecule has 0 saturated heterocycles. The minimum atomic E-state index is -0.210. The Balaban J connectivity index is 1.54. The maximum atomic E-state index is 13.4. The van der Waals surface area contributed by atoms with E-state index in [1.54, 1.807) is 6.07 Å². The van der Waals surface area contributed by atoms with E-state index in [4.69, 9.17) is 14.0 Å². The molecule has 2 aromatic carbocycles. The number of ether oxygens (including phenoxy) is 2. The van der Waals surface area contributed by atoms with E-state index in [0.717, 1.165) is 16.7 Å². The van der Waals surface area contributed by atoms with Gasteiger partial charge in [-0.15, -0.1) is 0 Å². The second kappa shape index (κ2) is 7.67. The third-order valence-electron chi connectivity index (χ3n) is 5.70. The Hall–Kier alpha value is -3.87. The molecule has 1 N–H and O–H groups in total. The highest BCUT2D eigenvalue weighted by molar-refractivity contribution is 6.09. The Bertz CT molecular complexity index is 1360. The van der Waals surface area contributed by atoms with Crippen molar-refractivity contribution in [3.63, 3.8) is 0 Å². The van der Waals surface area contributed by atoms with Gasteiger partial charge in [0.1, 0.15) is 5.69 Å². The standard InChI is InChI=1S/C25H23N3O4/c1-13-5-7-18(14(2)9-13)16(4)27-24(29)19-10-15(3)26-25-22(19)23(28-32-25)17-6-8-20-21(11-17)31-12-30-20/h5-11,16H,12H2,1-4H3,(H,27,29)/t16-/m1/s1. The van der Waals surface area contributed by atoms with Gasteiger partial charge in [-0.2, -0.15) is 0 Å². The fraction of sp³-hybridized carbons (Fsp3) is 0.240. The summed E-state index contributed by atoms with van der Waals surface area (Å²) in [6, 6.07) is 13.3. The highest BCUT2D eigenvalue weighted by Crippen LogP contribution is 2.38. The zero-order chi connectivity index (χ0) is 22.4. The van der Waals surface area contributed by atoms with Gasteiger partial charge in [-0.25, -0.2) is 4.98 Å². The van der Waals surface area contributed by atoms with Crippen LogP contribution in [0.5, 0.6) is 11.5 Å². The molecule has 0 unspecified atom stereocenters. The smallest absolute Gasteiger partial charge is 0.259 e. The number of aryl methyl sites for hydroxylation is 3. The second-order valence-electron chi connectivity index (χ2n) is 8.15. The van der Waals surface area contributed by atoms with Crippen LogP contribution in [0.2, 0.25) is 0 Å². The Labute approximate surface area is 185 Å². The van der Waals surface area contributed by atoms with Crippen LogP contribution in [-0.2, 0) is 0 Å². The molecule has 7 heteroatoms. The molecule has 7 nitrogen and oxygen atoms in total. The van der Waals surface area contributed by atoms with Crippen LogP contribution >= 0.6 is 0 Å². The zero-order valence-electron chi connectivity index (χ0n) is 18.4. The summed E-state index contributed by atoms with van der Waals surface area (Å²) < 4.78 is 16.4. The molecule has 162 valence electrons. The van der Waals surface area contributed by atoms with Crippen molar-refractivity contribution < 1.29 is 18.8 Å². The van der Waals surface area contributed by atoms with Crippen molar-refractivity contribution in [1.29, 1.82) is 0 Å². The van der Waals surface area contributed by atoms with Crippen LogP contribution in [0.1, 0.15) is 45.7 Å². The Morgan fingerprint density at radius 1 is 1.03 bits per heavy atom. The molecule has 0 saturated carbocycles. The van der Waals surface area contributed by atoms with Crippen molar-refractivity contribution >= 4 is 17.0 Å². The largest absolute Gasteiger partial charge is 0.454 e. The zero-order valence-corrected chi connectivity index (χ0v) is 18.4. The maximum Gasteiger partial charge on any atom is 0.259 e. The number of rotatable bonds is 4. The number of carbonyl (C=O) groups is 1. The van der Waals surface area contributed by atoms with E-state index in [2.05, 4.69) is 47.5 Å². The minimum absolute atomic E-state index is 0.166. The second-order valence-corrected chi connectivity index (χ2v) is 8.15. The molecule has 3 heterocycles. The number of nitrogens with zero attached hydrogens (tertiary/aromatic N) is 2. The highest BCUT2D eigenvalue weighted by Gasteiger charge is 2.24. The van der Waals surface area contributed by atoms with Crippen LogP contribution in [0, 0.1) is 20.8 Å². The number of nitrogens with one attached hydrogen (secondary N) is 1. The minimum Gasteiger partial charge on any atom is -0.454 e. The van der Waals surface area contributed by atoms with Gasteiger partial charge in [0, 0.05) is 11.3 Å².